The van der Waals surface area contributed by atoms with Crippen molar-refractivity contribution in [2.45, 2.75) is 46.0 Å². The summed E-state index contributed by atoms with van der Waals surface area (Å²) in [4.78, 5) is 24.0. The summed E-state index contributed by atoms with van der Waals surface area (Å²) in [5.41, 5.74) is 1.40. The van der Waals surface area contributed by atoms with Crippen molar-refractivity contribution in [3.8, 4) is 0 Å². The van der Waals surface area contributed by atoms with Crippen LogP contribution in [0.1, 0.15) is 46.0 Å². The second-order valence-electron chi connectivity index (χ2n) is 6.92. The van der Waals surface area contributed by atoms with Gasteiger partial charge in [0.25, 0.3) is 0 Å². The summed E-state index contributed by atoms with van der Waals surface area (Å²) in [6.07, 6.45) is 6.91. The van der Waals surface area contributed by atoms with Crippen molar-refractivity contribution in [2.75, 3.05) is 14.2 Å². The maximum absolute atomic E-state index is 12.2. The first-order valence-corrected chi connectivity index (χ1v) is 8.29. The molecule has 0 aliphatic heterocycles. The van der Waals surface area contributed by atoms with E-state index in [1.54, 1.807) is 0 Å². The normalized spacial score (nSPS) is 32.5. The van der Waals surface area contributed by atoms with E-state index in [0.717, 1.165) is 19.3 Å². The fourth-order valence-electron chi connectivity index (χ4n) is 4.38. The second kappa shape index (κ2) is 7.30. The molecule has 2 aliphatic carbocycles. The first-order chi connectivity index (χ1) is 10.5. The third-order valence-corrected chi connectivity index (χ3v) is 5.66. The van der Waals surface area contributed by atoms with Gasteiger partial charge in [0, 0.05) is 0 Å². The number of carbonyl (C=O) groups excluding carboxylic acids is 2. The van der Waals surface area contributed by atoms with Crippen molar-refractivity contribution in [3.63, 3.8) is 0 Å². The van der Waals surface area contributed by atoms with Crippen molar-refractivity contribution in [1.82, 2.24) is 0 Å². The summed E-state index contributed by atoms with van der Waals surface area (Å²) in [5.74, 6) is 0.866. The average molecular weight is 308 g/mol. The molecule has 2 aliphatic rings. The Morgan fingerprint density at radius 1 is 1.23 bits per heavy atom. The zero-order valence-electron chi connectivity index (χ0n) is 14.1. The van der Waals surface area contributed by atoms with E-state index in [9.17, 15) is 9.59 Å². The Bertz CT molecular complexity index is 454. The Labute approximate surface area is 133 Å². The minimum Gasteiger partial charge on any atom is -0.469 e. The molecule has 1 unspecified atom stereocenters. The number of hydrogen-bond donors (Lipinski definition) is 0. The van der Waals surface area contributed by atoms with Crippen LogP contribution < -0.4 is 0 Å². The third-order valence-electron chi connectivity index (χ3n) is 5.66. The van der Waals surface area contributed by atoms with Crippen LogP contribution in [0, 0.1) is 29.6 Å². The van der Waals surface area contributed by atoms with Crippen molar-refractivity contribution < 1.29 is 19.1 Å². The number of hydrogen-bond acceptors (Lipinski definition) is 4. The van der Waals surface area contributed by atoms with E-state index >= 15 is 0 Å². The van der Waals surface area contributed by atoms with Crippen LogP contribution in [-0.4, -0.2) is 26.2 Å². The first kappa shape index (κ1) is 17.0. The molecule has 1 fully saturated rings. The Morgan fingerprint density at radius 2 is 1.95 bits per heavy atom. The van der Waals surface area contributed by atoms with Gasteiger partial charge < -0.3 is 9.47 Å². The molecule has 0 aromatic carbocycles. The van der Waals surface area contributed by atoms with Gasteiger partial charge in [0.05, 0.1) is 26.6 Å². The fourth-order valence-corrected chi connectivity index (χ4v) is 4.38. The highest BCUT2D eigenvalue weighted by Crippen LogP contribution is 2.48. The predicted octanol–water partition coefficient (Wildman–Crippen LogP) is 3.36. The Morgan fingerprint density at radius 3 is 2.59 bits per heavy atom. The largest absolute Gasteiger partial charge is 0.469 e. The molecule has 0 radical (unpaired) electrons. The molecule has 0 aromatic rings. The minimum atomic E-state index is -0.389. The molecular formula is C18H28O4. The topological polar surface area (TPSA) is 52.6 Å². The lowest BCUT2D eigenvalue weighted by molar-refractivity contribution is -0.156. The van der Waals surface area contributed by atoms with Crippen LogP contribution in [0.5, 0.6) is 0 Å². The van der Waals surface area contributed by atoms with Crippen molar-refractivity contribution in [2.24, 2.45) is 29.6 Å². The number of ether oxygens (including phenoxy) is 2. The van der Waals surface area contributed by atoms with Gasteiger partial charge in [0.1, 0.15) is 0 Å². The number of esters is 2. The molecule has 0 N–H and O–H groups in total. The predicted molar refractivity (Wildman–Crippen MR) is 84.0 cm³/mol. The highest BCUT2D eigenvalue weighted by Gasteiger charge is 2.44. The highest BCUT2D eigenvalue weighted by molar-refractivity contribution is 5.80. The van der Waals surface area contributed by atoms with E-state index in [2.05, 4.69) is 19.9 Å². The lowest BCUT2D eigenvalue weighted by Crippen LogP contribution is -2.41. The second-order valence-corrected chi connectivity index (χ2v) is 6.92. The average Bonchev–Trinajstić information content (AvgIpc) is 2.52. The first-order valence-electron chi connectivity index (χ1n) is 8.29. The lowest BCUT2D eigenvalue weighted by atomic mass is 9.59. The number of fused-ring (bicyclic) bond motifs is 1. The van der Waals surface area contributed by atoms with Gasteiger partial charge in [-0.3, -0.25) is 9.59 Å². The zero-order valence-corrected chi connectivity index (χ0v) is 14.1. The summed E-state index contributed by atoms with van der Waals surface area (Å²) < 4.78 is 9.76. The number of rotatable bonds is 4. The van der Waals surface area contributed by atoms with E-state index in [0.29, 0.717) is 17.8 Å². The van der Waals surface area contributed by atoms with Crippen molar-refractivity contribution in [3.05, 3.63) is 11.6 Å². The zero-order chi connectivity index (χ0) is 16.3. The molecule has 4 heteroatoms. The SMILES string of the molecule is COC(=O)CC(C(=O)OC)[C@@H]1CC[C@@H](C)[C@@H]2CCC(C)=C[C@@H]21. The Kier molecular flexibility index (Phi) is 5.65. The summed E-state index contributed by atoms with van der Waals surface area (Å²) in [6.45, 7) is 4.48. The van der Waals surface area contributed by atoms with Gasteiger partial charge in [-0.15, -0.1) is 0 Å². The van der Waals surface area contributed by atoms with E-state index < -0.39 is 0 Å². The van der Waals surface area contributed by atoms with Crippen LogP contribution >= 0.6 is 0 Å². The molecule has 5 atom stereocenters. The van der Waals surface area contributed by atoms with E-state index in [-0.39, 0.29) is 30.2 Å². The smallest absolute Gasteiger partial charge is 0.309 e. The highest BCUT2D eigenvalue weighted by atomic mass is 16.5. The summed E-state index contributed by atoms with van der Waals surface area (Å²) in [5, 5.41) is 0. The van der Waals surface area contributed by atoms with Crippen molar-refractivity contribution in [1.29, 1.82) is 0 Å². The van der Waals surface area contributed by atoms with E-state index in [4.69, 9.17) is 9.47 Å². The molecule has 0 heterocycles. The van der Waals surface area contributed by atoms with Gasteiger partial charge in [-0.2, -0.15) is 0 Å². The van der Waals surface area contributed by atoms with Gasteiger partial charge in [-0.1, -0.05) is 25.0 Å². The van der Waals surface area contributed by atoms with Crippen LogP contribution in [-0.2, 0) is 19.1 Å². The van der Waals surface area contributed by atoms with Crippen LogP contribution in [0.2, 0.25) is 0 Å². The van der Waals surface area contributed by atoms with Crippen molar-refractivity contribution >= 4 is 11.9 Å². The summed E-state index contributed by atoms with van der Waals surface area (Å²) >= 11 is 0. The minimum absolute atomic E-state index is 0.123. The van der Waals surface area contributed by atoms with Crippen LogP contribution in [0.15, 0.2) is 11.6 Å². The van der Waals surface area contributed by atoms with Gasteiger partial charge in [-0.25, -0.2) is 0 Å². The van der Waals surface area contributed by atoms with Crippen LogP contribution in [0.3, 0.4) is 0 Å². The molecule has 2 rings (SSSR count). The lowest BCUT2D eigenvalue weighted by Gasteiger charge is -2.45. The molecule has 0 aromatic heterocycles. The molecule has 4 nitrogen and oxygen atoms in total. The van der Waals surface area contributed by atoms with E-state index in [1.807, 2.05) is 0 Å². The number of methoxy groups -OCH3 is 2. The van der Waals surface area contributed by atoms with Crippen LogP contribution in [0.25, 0.3) is 0 Å². The van der Waals surface area contributed by atoms with Gasteiger partial charge in [0.15, 0.2) is 0 Å². The fraction of sp³-hybridized carbons (Fsp3) is 0.778. The summed E-state index contributed by atoms with van der Waals surface area (Å²) in [7, 11) is 2.77. The number of allylic oxidation sites excluding steroid dienone is 2. The van der Waals surface area contributed by atoms with Gasteiger partial charge >= 0.3 is 11.9 Å². The Balaban J connectivity index is 2.26. The van der Waals surface area contributed by atoms with Gasteiger partial charge in [-0.05, 0) is 49.9 Å². The maximum atomic E-state index is 12.2. The molecule has 0 amide bonds. The molecular weight excluding hydrogens is 280 g/mol. The molecule has 0 bridgehead atoms. The summed E-state index contributed by atoms with van der Waals surface area (Å²) in [6, 6.07) is 0. The number of carbonyl (C=O) groups is 2. The molecule has 0 saturated heterocycles. The third kappa shape index (κ3) is 3.53. The maximum Gasteiger partial charge on any atom is 0.309 e. The monoisotopic (exact) mass is 308 g/mol. The molecule has 0 spiro atoms. The van der Waals surface area contributed by atoms with Crippen LogP contribution in [0.4, 0.5) is 0 Å². The Hall–Kier alpha value is -1.32. The molecule has 1 saturated carbocycles. The van der Waals surface area contributed by atoms with E-state index in [1.165, 1.54) is 26.2 Å². The quantitative estimate of drug-likeness (QED) is 0.590. The molecule has 124 valence electrons. The standard InChI is InChI=1S/C18H28O4/c1-11-5-7-13-12(2)6-8-14(15(13)9-11)16(18(20)22-4)10-17(19)21-3/h9,12-16H,5-8,10H2,1-4H3/t12-,13+,14-,15+,16?/m1/s1. The van der Waals surface area contributed by atoms with Gasteiger partial charge in [0.2, 0.25) is 0 Å². The molecule has 22 heavy (non-hydrogen) atoms.